The lowest BCUT2D eigenvalue weighted by Gasteiger charge is -2.12. The maximum atomic E-state index is 2.44. The van der Waals surface area contributed by atoms with Crippen molar-refractivity contribution < 1.29 is 0 Å². The summed E-state index contributed by atoms with van der Waals surface area (Å²) in [5.74, 6) is 0. The minimum atomic E-state index is 1.20. The summed E-state index contributed by atoms with van der Waals surface area (Å²) in [4.78, 5) is 0. The monoisotopic (exact) mass is 408 g/mol. The van der Waals surface area contributed by atoms with Crippen LogP contribution in [-0.4, -0.2) is 8.97 Å². The van der Waals surface area contributed by atoms with Crippen molar-refractivity contribution in [1.29, 1.82) is 0 Å². The molecule has 0 aliphatic heterocycles. The molecule has 0 unspecified atom stereocenters. The molecule has 7 aromatic rings. The van der Waals surface area contributed by atoms with E-state index in [4.69, 9.17) is 0 Å². The number of fused-ring (bicyclic) bond motifs is 6. The third kappa shape index (κ3) is 2.29. The minimum absolute atomic E-state index is 1.20. The van der Waals surface area contributed by atoms with Crippen molar-refractivity contribution in [2.75, 3.05) is 0 Å². The fourth-order valence-electron chi connectivity index (χ4n) is 5.18. The molecule has 0 aliphatic carbocycles. The number of para-hydroxylation sites is 3. The predicted molar refractivity (Wildman–Crippen MR) is 135 cm³/mol. The van der Waals surface area contributed by atoms with Crippen LogP contribution in [0.15, 0.2) is 121 Å². The normalized spacial score (nSPS) is 11.8. The predicted octanol–water partition coefficient (Wildman–Crippen LogP) is 7.86. The fraction of sp³-hybridized carbons (Fsp3) is 0. The Balaban J connectivity index is 1.78. The van der Waals surface area contributed by atoms with Gasteiger partial charge in [0.2, 0.25) is 0 Å². The number of rotatable bonds is 2. The van der Waals surface area contributed by atoms with Crippen molar-refractivity contribution in [3.63, 3.8) is 0 Å². The van der Waals surface area contributed by atoms with Gasteiger partial charge in [0.1, 0.15) is 5.65 Å². The van der Waals surface area contributed by atoms with Gasteiger partial charge in [0.15, 0.2) is 0 Å². The lowest BCUT2D eigenvalue weighted by atomic mass is 10.0. The smallest absolute Gasteiger partial charge is 0.131 e. The minimum Gasteiger partial charge on any atom is -0.293 e. The topological polar surface area (TPSA) is 9.34 Å². The van der Waals surface area contributed by atoms with E-state index in [1.807, 2.05) is 0 Å². The van der Waals surface area contributed by atoms with Crippen LogP contribution in [0.3, 0.4) is 0 Å². The van der Waals surface area contributed by atoms with Gasteiger partial charge in [-0.05, 0) is 35.2 Å². The molecule has 0 saturated heterocycles. The Morgan fingerprint density at radius 3 is 1.91 bits per heavy atom. The van der Waals surface area contributed by atoms with Gasteiger partial charge in [-0.15, -0.1) is 0 Å². The Bertz CT molecular complexity index is 1760. The zero-order valence-electron chi connectivity index (χ0n) is 17.4. The first-order chi connectivity index (χ1) is 15.9. The quantitative estimate of drug-likeness (QED) is 0.275. The Kier molecular flexibility index (Phi) is 3.58. The van der Waals surface area contributed by atoms with Crippen molar-refractivity contribution in [3.8, 4) is 16.8 Å². The number of imidazole rings is 1. The summed E-state index contributed by atoms with van der Waals surface area (Å²) < 4.78 is 4.87. The summed E-state index contributed by atoms with van der Waals surface area (Å²) in [6.45, 7) is 0. The first-order valence-corrected chi connectivity index (χ1v) is 11.0. The van der Waals surface area contributed by atoms with Crippen molar-refractivity contribution in [2.24, 2.45) is 0 Å². The molecule has 2 nitrogen and oxygen atoms in total. The fourth-order valence-corrected chi connectivity index (χ4v) is 5.18. The molecule has 32 heavy (non-hydrogen) atoms. The molecule has 0 saturated carbocycles. The average molecular weight is 409 g/mol. The van der Waals surface area contributed by atoms with Crippen LogP contribution >= 0.6 is 0 Å². The summed E-state index contributed by atoms with van der Waals surface area (Å²) in [6.07, 6.45) is 0. The van der Waals surface area contributed by atoms with Gasteiger partial charge in [-0.25, -0.2) is 0 Å². The van der Waals surface area contributed by atoms with E-state index in [2.05, 4.69) is 130 Å². The van der Waals surface area contributed by atoms with E-state index in [-0.39, 0.29) is 0 Å². The maximum absolute atomic E-state index is 2.44. The highest BCUT2D eigenvalue weighted by atomic mass is 15.1. The van der Waals surface area contributed by atoms with Gasteiger partial charge in [-0.1, -0.05) is 97.1 Å². The van der Waals surface area contributed by atoms with Gasteiger partial charge in [0.05, 0.1) is 22.2 Å². The van der Waals surface area contributed by atoms with Crippen molar-refractivity contribution in [1.82, 2.24) is 8.97 Å². The number of nitrogens with zero attached hydrogens (tertiary/aromatic N) is 2. The molecule has 2 heterocycles. The van der Waals surface area contributed by atoms with E-state index in [0.717, 1.165) is 0 Å². The molecule has 5 aromatic carbocycles. The average Bonchev–Trinajstić information content (AvgIpc) is 3.37. The van der Waals surface area contributed by atoms with Gasteiger partial charge in [0.25, 0.3) is 0 Å². The summed E-state index contributed by atoms with van der Waals surface area (Å²) in [5, 5.41) is 3.77. The SMILES string of the molecule is c1ccc(-c2c3ccccc3n3c4ccccc4n(-c4cccc5ccccc45)c23)cc1. The highest BCUT2D eigenvalue weighted by Crippen LogP contribution is 2.41. The van der Waals surface area contributed by atoms with Crippen molar-refractivity contribution in [2.45, 2.75) is 0 Å². The van der Waals surface area contributed by atoms with Gasteiger partial charge in [0, 0.05) is 16.3 Å². The molecule has 0 amide bonds. The standard InChI is InChI=1S/C30H20N2/c1-2-12-22(13-3-1)29-24-16-6-7-17-26(24)32-28-19-9-8-18-27(28)31(30(29)32)25-20-10-14-21-11-4-5-15-23(21)25/h1-20H. The lowest BCUT2D eigenvalue weighted by Crippen LogP contribution is -1.96. The molecule has 0 radical (unpaired) electrons. The van der Waals surface area contributed by atoms with Crippen LogP contribution in [0.2, 0.25) is 0 Å². The Labute approximate surface area is 185 Å². The summed E-state index contributed by atoms with van der Waals surface area (Å²) in [6, 6.07) is 43.5. The first kappa shape index (κ1) is 17.4. The number of benzene rings is 5. The van der Waals surface area contributed by atoms with Gasteiger partial charge < -0.3 is 0 Å². The Morgan fingerprint density at radius 1 is 0.438 bits per heavy atom. The van der Waals surface area contributed by atoms with Gasteiger partial charge in [-0.2, -0.15) is 0 Å². The molecule has 2 aromatic heterocycles. The first-order valence-electron chi connectivity index (χ1n) is 11.0. The zero-order chi connectivity index (χ0) is 21.1. The van der Waals surface area contributed by atoms with Crippen molar-refractivity contribution >= 4 is 38.4 Å². The molecule has 150 valence electrons. The van der Waals surface area contributed by atoms with E-state index < -0.39 is 0 Å². The van der Waals surface area contributed by atoms with Gasteiger partial charge in [-0.3, -0.25) is 8.97 Å². The highest BCUT2D eigenvalue weighted by molar-refractivity contribution is 6.10. The van der Waals surface area contributed by atoms with Gasteiger partial charge >= 0.3 is 0 Å². The highest BCUT2D eigenvalue weighted by Gasteiger charge is 2.22. The van der Waals surface area contributed by atoms with Crippen LogP contribution in [0, 0.1) is 0 Å². The zero-order valence-corrected chi connectivity index (χ0v) is 17.4. The molecule has 0 fully saturated rings. The van der Waals surface area contributed by atoms with Crippen LogP contribution in [0.25, 0.3) is 55.2 Å². The van der Waals surface area contributed by atoms with Crippen molar-refractivity contribution in [3.05, 3.63) is 121 Å². The van der Waals surface area contributed by atoms with Crippen LogP contribution in [0.1, 0.15) is 0 Å². The summed E-state index contributed by atoms with van der Waals surface area (Å²) >= 11 is 0. The lowest BCUT2D eigenvalue weighted by molar-refractivity contribution is 1.16. The van der Waals surface area contributed by atoms with Crippen LogP contribution in [-0.2, 0) is 0 Å². The molecule has 0 bridgehead atoms. The second-order valence-electron chi connectivity index (χ2n) is 8.24. The molecule has 0 atom stereocenters. The molecular formula is C30H20N2. The third-order valence-electron chi connectivity index (χ3n) is 6.50. The molecular weight excluding hydrogens is 388 g/mol. The molecule has 0 aliphatic rings. The molecule has 0 spiro atoms. The second-order valence-corrected chi connectivity index (χ2v) is 8.24. The largest absolute Gasteiger partial charge is 0.293 e. The number of hydrogen-bond acceptors (Lipinski definition) is 0. The second kappa shape index (κ2) is 6.60. The number of aromatic nitrogens is 2. The molecule has 0 N–H and O–H groups in total. The molecule has 2 heteroatoms. The summed E-state index contributed by atoms with van der Waals surface area (Å²) in [5.41, 5.74) is 8.57. The molecule has 7 rings (SSSR count). The Hall–Kier alpha value is -4.30. The van der Waals surface area contributed by atoms with E-state index in [1.54, 1.807) is 0 Å². The number of hydrogen-bond donors (Lipinski definition) is 0. The third-order valence-corrected chi connectivity index (χ3v) is 6.50. The van der Waals surface area contributed by atoms with E-state index in [1.165, 1.54) is 55.2 Å². The van der Waals surface area contributed by atoms with Crippen LogP contribution in [0.4, 0.5) is 0 Å². The van der Waals surface area contributed by atoms with E-state index in [9.17, 15) is 0 Å². The van der Waals surface area contributed by atoms with E-state index >= 15 is 0 Å². The Morgan fingerprint density at radius 2 is 1.06 bits per heavy atom. The van der Waals surface area contributed by atoms with Crippen LogP contribution in [0.5, 0.6) is 0 Å². The van der Waals surface area contributed by atoms with E-state index in [0.29, 0.717) is 0 Å². The van der Waals surface area contributed by atoms with Crippen LogP contribution < -0.4 is 0 Å². The maximum Gasteiger partial charge on any atom is 0.131 e. The summed E-state index contributed by atoms with van der Waals surface area (Å²) in [7, 11) is 0.